The van der Waals surface area contributed by atoms with E-state index in [-0.39, 0.29) is 23.7 Å². The molecule has 0 bridgehead atoms. The van der Waals surface area contributed by atoms with Gasteiger partial charge in [0, 0.05) is 44.6 Å². The molecule has 27 heavy (non-hydrogen) atoms. The fourth-order valence-corrected chi connectivity index (χ4v) is 4.46. The lowest BCUT2D eigenvalue weighted by atomic mass is 10.1. The van der Waals surface area contributed by atoms with Crippen LogP contribution in [-0.2, 0) is 11.3 Å². The van der Waals surface area contributed by atoms with Gasteiger partial charge in [-0.3, -0.25) is 14.5 Å². The highest BCUT2D eigenvalue weighted by atomic mass is 32.1. The zero-order valence-corrected chi connectivity index (χ0v) is 15.8. The van der Waals surface area contributed by atoms with Gasteiger partial charge in [-0.2, -0.15) is 11.3 Å². The lowest BCUT2D eigenvalue weighted by Gasteiger charge is -2.39. The number of piperazine rings is 1. The van der Waals surface area contributed by atoms with E-state index in [0.717, 1.165) is 24.2 Å². The molecule has 2 amide bonds. The van der Waals surface area contributed by atoms with Gasteiger partial charge in [-0.15, -0.1) is 0 Å². The predicted molar refractivity (Wildman–Crippen MR) is 102 cm³/mol. The molecular weight excluding hydrogens is 365 g/mol. The molecule has 0 N–H and O–H groups in total. The van der Waals surface area contributed by atoms with Gasteiger partial charge in [-0.25, -0.2) is 4.39 Å². The van der Waals surface area contributed by atoms with Crippen molar-refractivity contribution in [3.63, 3.8) is 0 Å². The van der Waals surface area contributed by atoms with E-state index >= 15 is 0 Å². The van der Waals surface area contributed by atoms with Gasteiger partial charge >= 0.3 is 0 Å². The van der Waals surface area contributed by atoms with Gasteiger partial charge in [-0.1, -0.05) is 12.1 Å². The van der Waals surface area contributed by atoms with Gasteiger partial charge in [0.05, 0.1) is 11.6 Å². The molecule has 1 atom stereocenters. The fraction of sp³-hybridized carbons (Fsp3) is 0.400. The number of rotatable bonds is 3. The molecule has 2 saturated heterocycles. The summed E-state index contributed by atoms with van der Waals surface area (Å²) in [5.41, 5.74) is 1.66. The van der Waals surface area contributed by atoms with Crippen LogP contribution in [0.4, 0.5) is 4.39 Å². The molecule has 2 fully saturated rings. The van der Waals surface area contributed by atoms with Crippen LogP contribution in [0.25, 0.3) is 0 Å². The Bertz CT molecular complexity index is 809. The van der Waals surface area contributed by atoms with E-state index in [1.165, 1.54) is 23.5 Å². The Kier molecular flexibility index (Phi) is 5.22. The lowest BCUT2D eigenvalue weighted by Crippen LogP contribution is -2.56. The summed E-state index contributed by atoms with van der Waals surface area (Å²) in [5, 5.41) is 3.78. The maximum absolute atomic E-state index is 13.1. The van der Waals surface area contributed by atoms with Gasteiger partial charge in [0.2, 0.25) is 5.91 Å². The molecule has 0 radical (unpaired) electrons. The van der Waals surface area contributed by atoms with E-state index in [0.29, 0.717) is 32.6 Å². The zero-order chi connectivity index (χ0) is 18.8. The number of amides is 2. The molecular formula is C20H22FN3O2S. The number of benzene rings is 1. The highest BCUT2D eigenvalue weighted by Crippen LogP contribution is 2.21. The van der Waals surface area contributed by atoms with Crippen LogP contribution >= 0.6 is 11.3 Å². The van der Waals surface area contributed by atoms with Crippen molar-refractivity contribution in [1.29, 1.82) is 0 Å². The van der Waals surface area contributed by atoms with Gasteiger partial charge in [0.25, 0.3) is 5.91 Å². The average molecular weight is 387 g/mol. The lowest BCUT2D eigenvalue weighted by molar-refractivity contribution is -0.142. The van der Waals surface area contributed by atoms with Crippen molar-refractivity contribution < 1.29 is 14.0 Å². The minimum Gasteiger partial charge on any atom is -0.337 e. The quantitative estimate of drug-likeness (QED) is 0.813. The molecule has 2 aromatic rings. The number of fused-ring (bicyclic) bond motifs is 1. The number of carbonyl (C=O) groups excluding carboxylic acids is 2. The van der Waals surface area contributed by atoms with Crippen molar-refractivity contribution in [3.8, 4) is 0 Å². The van der Waals surface area contributed by atoms with Crippen LogP contribution in [0.2, 0.25) is 0 Å². The molecule has 0 saturated carbocycles. The molecule has 2 aliphatic heterocycles. The van der Waals surface area contributed by atoms with Gasteiger partial charge < -0.3 is 9.80 Å². The molecule has 1 aromatic heterocycles. The standard InChI is InChI=1S/C20H22FN3O2S/c21-17-3-1-15(2-4-17)13-24-11-9-22-8-10-23(7-5-18(22)20(24)26)19(25)16-6-12-27-14-16/h1-4,6,12,14,18H,5,7-11,13H2. The molecule has 5 nitrogen and oxygen atoms in total. The second-order valence-corrected chi connectivity index (χ2v) is 7.81. The minimum absolute atomic E-state index is 0.0479. The van der Waals surface area contributed by atoms with E-state index in [9.17, 15) is 14.0 Å². The molecule has 142 valence electrons. The summed E-state index contributed by atoms with van der Waals surface area (Å²) in [6, 6.07) is 7.97. The van der Waals surface area contributed by atoms with Crippen LogP contribution in [0.3, 0.4) is 0 Å². The van der Waals surface area contributed by atoms with Gasteiger partial charge in [0.15, 0.2) is 0 Å². The zero-order valence-electron chi connectivity index (χ0n) is 15.0. The predicted octanol–water partition coefficient (Wildman–Crippen LogP) is 2.45. The normalized spacial score (nSPS) is 21.1. The van der Waals surface area contributed by atoms with Crippen LogP contribution in [-0.4, -0.2) is 65.3 Å². The van der Waals surface area contributed by atoms with Crippen molar-refractivity contribution in [2.45, 2.75) is 19.0 Å². The second-order valence-electron chi connectivity index (χ2n) is 7.03. The Morgan fingerprint density at radius 2 is 1.85 bits per heavy atom. The van der Waals surface area contributed by atoms with E-state index in [4.69, 9.17) is 0 Å². The molecule has 0 spiro atoms. The van der Waals surface area contributed by atoms with E-state index < -0.39 is 0 Å². The van der Waals surface area contributed by atoms with Crippen LogP contribution in [0.5, 0.6) is 0 Å². The molecule has 4 rings (SSSR count). The molecule has 1 unspecified atom stereocenters. The minimum atomic E-state index is -0.269. The number of nitrogens with zero attached hydrogens (tertiary/aromatic N) is 3. The van der Waals surface area contributed by atoms with Crippen molar-refractivity contribution in [2.75, 3.05) is 32.7 Å². The number of hydrogen-bond acceptors (Lipinski definition) is 4. The largest absolute Gasteiger partial charge is 0.337 e. The van der Waals surface area contributed by atoms with Gasteiger partial charge in [0.1, 0.15) is 5.82 Å². The SMILES string of the molecule is O=C(c1ccsc1)N1CCC2C(=O)N(Cc3ccc(F)cc3)CCN2CC1. The summed E-state index contributed by atoms with van der Waals surface area (Å²) in [6.07, 6.45) is 0.647. The topological polar surface area (TPSA) is 43.9 Å². The second kappa shape index (κ2) is 7.78. The molecule has 1 aromatic carbocycles. The maximum atomic E-state index is 13.1. The number of thiophene rings is 1. The monoisotopic (exact) mass is 387 g/mol. The van der Waals surface area contributed by atoms with E-state index in [2.05, 4.69) is 4.90 Å². The summed E-state index contributed by atoms with van der Waals surface area (Å²) in [4.78, 5) is 31.5. The molecule has 0 aliphatic carbocycles. The summed E-state index contributed by atoms with van der Waals surface area (Å²) >= 11 is 1.52. The Labute approximate surface area is 162 Å². The van der Waals surface area contributed by atoms with Crippen molar-refractivity contribution in [2.24, 2.45) is 0 Å². The number of halogens is 1. The van der Waals surface area contributed by atoms with Crippen molar-refractivity contribution in [3.05, 3.63) is 58.0 Å². The number of hydrogen-bond donors (Lipinski definition) is 0. The maximum Gasteiger partial charge on any atom is 0.254 e. The first-order chi connectivity index (χ1) is 13.1. The molecule has 3 heterocycles. The van der Waals surface area contributed by atoms with Crippen LogP contribution in [0, 0.1) is 5.82 Å². The highest BCUT2D eigenvalue weighted by molar-refractivity contribution is 7.08. The van der Waals surface area contributed by atoms with E-state index in [1.54, 1.807) is 12.1 Å². The third kappa shape index (κ3) is 3.89. The average Bonchev–Trinajstić information content (AvgIpc) is 3.12. The Hall–Kier alpha value is -2.25. The highest BCUT2D eigenvalue weighted by Gasteiger charge is 2.37. The molecule has 2 aliphatic rings. The summed E-state index contributed by atoms with van der Waals surface area (Å²) in [7, 11) is 0. The van der Waals surface area contributed by atoms with Crippen LogP contribution < -0.4 is 0 Å². The Morgan fingerprint density at radius 3 is 2.59 bits per heavy atom. The molecule has 7 heteroatoms. The summed E-state index contributed by atoms with van der Waals surface area (Å²) in [6.45, 7) is 3.92. The third-order valence-corrected chi connectivity index (χ3v) is 6.05. The van der Waals surface area contributed by atoms with Gasteiger partial charge in [-0.05, 0) is 35.6 Å². The fourth-order valence-electron chi connectivity index (χ4n) is 3.83. The van der Waals surface area contributed by atoms with E-state index in [1.807, 2.05) is 26.6 Å². The smallest absolute Gasteiger partial charge is 0.254 e. The first kappa shape index (κ1) is 18.1. The summed E-state index contributed by atoms with van der Waals surface area (Å²) < 4.78 is 13.1. The van der Waals surface area contributed by atoms with Crippen LogP contribution in [0.1, 0.15) is 22.3 Å². The third-order valence-electron chi connectivity index (χ3n) is 5.37. The van der Waals surface area contributed by atoms with Crippen molar-refractivity contribution >= 4 is 23.2 Å². The Morgan fingerprint density at radius 1 is 1.07 bits per heavy atom. The first-order valence-electron chi connectivity index (χ1n) is 9.20. The first-order valence-corrected chi connectivity index (χ1v) is 10.1. The number of carbonyl (C=O) groups is 2. The Balaban J connectivity index is 1.41. The van der Waals surface area contributed by atoms with Crippen molar-refractivity contribution in [1.82, 2.24) is 14.7 Å². The van der Waals surface area contributed by atoms with Crippen LogP contribution in [0.15, 0.2) is 41.1 Å². The summed E-state index contributed by atoms with van der Waals surface area (Å²) in [5.74, 6) is -0.115.